The zero-order chi connectivity index (χ0) is 15.8. The van der Waals surface area contributed by atoms with E-state index in [1.165, 1.54) is 0 Å². The lowest BCUT2D eigenvalue weighted by Gasteiger charge is -2.29. The second-order valence-electron chi connectivity index (χ2n) is 5.62. The van der Waals surface area contributed by atoms with Crippen LogP contribution >= 0.6 is 0 Å². The van der Waals surface area contributed by atoms with Gasteiger partial charge < -0.3 is 21.1 Å². The molecule has 0 spiro atoms. The molecule has 0 aromatic heterocycles. The summed E-state index contributed by atoms with van der Waals surface area (Å²) in [5.41, 5.74) is 5.19. The van der Waals surface area contributed by atoms with Gasteiger partial charge in [0.05, 0.1) is 6.61 Å². The van der Waals surface area contributed by atoms with E-state index in [0.29, 0.717) is 19.6 Å². The summed E-state index contributed by atoms with van der Waals surface area (Å²) in [6, 6.07) is -1.22. The molecule has 1 fully saturated rings. The van der Waals surface area contributed by atoms with Gasteiger partial charge in [0.25, 0.3) is 0 Å². The van der Waals surface area contributed by atoms with Crippen LogP contribution in [0.5, 0.6) is 0 Å². The number of aliphatic hydroxyl groups is 1. The molecule has 1 heterocycles. The second-order valence-corrected chi connectivity index (χ2v) is 5.62. The van der Waals surface area contributed by atoms with Crippen LogP contribution in [-0.4, -0.2) is 72.2 Å². The van der Waals surface area contributed by atoms with Gasteiger partial charge in [-0.2, -0.15) is 0 Å². The number of nitrogens with zero attached hydrogens (tertiary/aromatic N) is 2. The summed E-state index contributed by atoms with van der Waals surface area (Å²) >= 11 is 0. The van der Waals surface area contributed by atoms with Crippen molar-refractivity contribution < 1.29 is 14.7 Å². The minimum Gasteiger partial charge on any atom is -0.395 e. The zero-order valence-corrected chi connectivity index (χ0v) is 13.0. The van der Waals surface area contributed by atoms with Crippen molar-refractivity contribution >= 4 is 11.9 Å². The molecule has 0 bridgehead atoms. The molecule has 122 valence electrons. The lowest BCUT2D eigenvalue weighted by Crippen LogP contribution is -2.53. The number of amides is 3. The third kappa shape index (κ3) is 5.51. The molecule has 4 N–H and O–H groups in total. The molecule has 3 amide bonds. The number of nitrogens with one attached hydrogen (secondary N) is 1. The highest BCUT2D eigenvalue weighted by Gasteiger charge is 2.30. The summed E-state index contributed by atoms with van der Waals surface area (Å²) in [6.45, 7) is 7.61. The highest BCUT2D eigenvalue weighted by atomic mass is 16.3. The van der Waals surface area contributed by atoms with E-state index in [1.54, 1.807) is 4.90 Å². The fourth-order valence-corrected chi connectivity index (χ4v) is 2.59. The van der Waals surface area contributed by atoms with E-state index in [1.807, 2.05) is 13.8 Å². The summed E-state index contributed by atoms with van der Waals surface area (Å²) in [5, 5.41) is 11.6. The number of nitrogens with two attached hydrogens (primary N) is 1. The predicted molar refractivity (Wildman–Crippen MR) is 80.7 cm³/mol. The summed E-state index contributed by atoms with van der Waals surface area (Å²) in [4.78, 5) is 27.7. The van der Waals surface area contributed by atoms with Gasteiger partial charge in [0.15, 0.2) is 0 Å². The Morgan fingerprint density at radius 3 is 2.57 bits per heavy atom. The average molecular weight is 300 g/mol. The smallest absolute Gasteiger partial charge is 0.312 e. The molecule has 7 heteroatoms. The van der Waals surface area contributed by atoms with Gasteiger partial charge in [-0.05, 0) is 18.9 Å². The molecule has 1 aliphatic rings. The number of hydrogen-bond donors (Lipinski definition) is 3. The largest absolute Gasteiger partial charge is 0.395 e. The van der Waals surface area contributed by atoms with Crippen LogP contribution in [0.4, 0.5) is 4.79 Å². The molecular weight excluding hydrogens is 272 g/mol. The van der Waals surface area contributed by atoms with Crippen LogP contribution in [0.15, 0.2) is 0 Å². The Kier molecular flexibility index (Phi) is 7.45. The lowest BCUT2D eigenvalue weighted by molar-refractivity contribution is -0.134. The van der Waals surface area contributed by atoms with E-state index in [-0.39, 0.29) is 18.4 Å². The summed E-state index contributed by atoms with van der Waals surface area (Å²) < 4.78 is 0. The molecule has 21 heavy (non-hydrogen) atoms. The monoisotopic (exact) mass is 300 g/mol. The molecule has 0 radical (unpaired) electrons. The SMILES string of the molecule is CCC(C)C(NC(N)=O)C(=O)N1CCCN(CCO)CC1. The predicted octanol–water partition coefficient (Wildman–Crippen LogP) is -0.404. The average Bonchev–Trinajstić information content (AvgIpc) is 2.69. The number of rotatable bonds is 6. The van der Waals surface area contributed by atoms with Crippen molar-refractivity contribution in [2.24, 2.45) is 11.7 Å². The third-order valence-corrected chi connectivity index (χ3v) is 4.09. The van der Waals surface area contributed by atoms with E-state index in [0.717, 1.165) is 25.9 Å². The van der Waals surface area contributed by atoms with Crippen LogP contribution in [0.2, 0.25) is 0 Å². The number of hydrogen-bond acceptors (Lipinski definition) is 4. The highest BCUT2D eigenvalue weighted by Crippen LogP contribution is 2.13. The molecule has 1 aliphatic heterocycles. The standard InChI is InChI=1S/C14H28N4O3/c1-3-11(2)12(16-14(15)21)13(20)18-6-4-5-17(7-8-18)9-10-19/h11-12,19H,3-10H2,1-2H3,(H3,15,16,21). The Balaban J connectivity index is 2.67. The Morgan fingerprint density at radius 2 is 2.00 bits per heavy atom. The van der Waals surface area contributed by atoms with Crippen LogP contribution in [-0.2, 0) is 4.79 Å². The first-order valence-electron chi connectivity index (χ1n) is 7.67. The van der Waals surface area contributed by atoms with E-state index in [4.69, 9.17) is 10.8 Å². The van der Waals surface area contributed by atoms with Crippen LogP contribution in [0.25, 0.3) is 0 Å². The normalized spacial score (nSPS) is 19.7. The van der Waals surface area contributed by atoms with Crippen molar-refractivity contribution in [1.29, 1.82) is 0 Å². The summed E-state index contributed by atoms with van der Waals surface area (Å²) in [5.74, 6) is -0.0178. The molecule has 1 saturated heterocycles. The van der Waals surface area contributed by atoms with E-state index < -0.39 is 12.1 Å². The molecular formula is C14H28N4O3. The number of carbonyl (C=O) groups is 2. The van der Waals surface area contributed by atoms with Gasteiger partial charge in [-0.15, -0.1) is 0 Å². The molecule has 2 atom stereocenters. The summed E-state index contributed by atoms with van der Waals surface area (Å²) in [6.07, 6.45) is 1.66. The second kappa shape index (κ2) is 8.84. The lowest BCUT2D eigenvalue weighted by atomic mass is 9.98. The minimum atomic E-state index is -0.662. The van der Waals surface area contributed by atoms with Crippen LogP contribution in [0.1, 0.15) is 26.7 Å². The van der Waals surface area contributed by atoms with Gasteiger partial charge in [0, 0.05) is 26.2 Å². The van der Waals surface area contributed by atoms with Gasteiger partial charge in [-0.25, -0.2) is 4.79 Å². The number of primary amides is 1. The first-order chi connectivity index (χ1) is 9.99. The Morgan fingerprint density at radius 1 is 1.29 bits per heavy atom. The fourth-order valence-electron chi connectivity index (χ4n) is 2.59. The molecule has 0 saturated carbocycles. The molecule has 0 aromatic rings. The Hall–Kier alpha value is -1.34. The van der Waals surface area contributed by atoms with Crippen molar-refractivity contribution in [2.45, 2.75) is 32.7 Å². The van der Waals surface area contributed by atoms with Crippen molar-refractivity contribution in [3.8, 4) is 0 Å². The number of β-amino-alcohol motifs (C(OH)–C–C–N with tert-alkyl or cyclic N) is 1. The maximum absolute atomic E-state index is 12.6. The van der Waals surface area contributed by atoms with Crippen molar-refractivity contribution in [3.63, 3.8) is 0 Å². The maximum atomic E-state index is 12.6. The van der Waals surface area contributed by atoms with Crippen molar-refractivity contribution in [1.82, 2.24) is 15.1 Å². The van der Waals surface area contributed by atoms with Gasteiger partial charge in [-0.3, -0.25) is 9.69 Å². The Labute approximate surface area is 126 Å². The van der Waals surface area contributed by atoms with E-state index >= 15 is 0 Å². The number of urea groups is 1. The first-order valence-corrected chi connectivity index (χ1v) is 7.67. The van der Waals surface area contributed by atoms with Gasteiger partial charge in [0.1, 0.15) is 6.04 Å². The molecule has 1 rings (SSSR count). The van der Waals surface area contributed by atoms with Crippen LogP contribution < -0.4 is 11.1 Å². The first kappa shape index (κ1) is 17.7. The topological polar surface area (TPSA) is 98.9 Å². The van der Waals surface area contributed by atoms with E-state index in [2.05, 4.69) is 10.2 Å². The summed E-state index contributed by atoms with van der Waals surface area (Å²) in [7, 11) is 0. The van der Waals surface area contributed by atoms with Crippen molar-refractivity contribution in [2.75, 3.05) is 39.3 Å². The van der Waals surface area contributed by atoms with Crippen molar-refractivity contribution in [3.05, 3.63) is 0 Å². The fraction of sp³-hybridized carbons (Fsp3) is 0.857. The molecule has 2 unspecified atom stereocenters. The van der Waals surface area contributed by atoms with Gasteiger partial charge >= 0.3 is 6.03 Å². The Bertz CT molecular complexity index is 351. The maximum Gasteiger partial charge on any atom is 0.312 e. The van der Waals surface area contributed by atoms with E-state index in [9.17, 15) is 9.59 Å². The van der Waals surface area contributed by atoms with Gasteiger partial charge in [-0.1, -0.05) is 20.3 Å². The van der Waals surface area contributed by atoms with Crippen LogP contribution in [0.3, 0.4) is 0 Å². The quantitative estimate of drug-likeness (QED) is 0.621. The van der Waals surface area contributed by atoms with Gasteiger partial charge in [0.2, 0.25) is 5.91 Å². The third-order valence-electron chi connectivity index (χ3n) is 4.09. The zero-order valence-electron chi connectivity index (χ0n) is 13.0. The molecule has 0 aromatic carbocycles. The molecule has 0 aliphatic carbocycles. The molecule has 7 nitrogen and oxygen atoms in total. The number of aliphatic hydroxyl groups excluding tert-OH is 1. The highest BCUT2D eigenvalue weighted by molar-refractivity contribution is 5.86. The number of carbonyl (C=O) groups excluding carboxylic acids is 2. The minimum absolute atomic E-state index is 0.0433. The van der Waals surface area contributed by atoms with Crippen LogP contribution in [0, 0.1) is 5.92 Å².